The standard InChI is InChI=1S/C12H18ClNO/c13-10(11(14)15)12-4-7-1-8(5-12)3-9(2-7)6-12/h7-10H,1-6H2,(H2,14,15). The molecule has 0 aromatic heterocycles. The van der Waals surface area contributed by atoms with Crippen LogP contribution < -0.4 is 5.73 Å². The van der Waals surface area contributed by atoms with Crippen LogP contribution >= 0.6 is 11.6 Å². The summed E-state index contributed by atoms with van der Waals surface area (Å²) in [5.41, 5.74) is 5.46. The third-order valence-corrected chi connectivity index (χ3v) is 5.55. The monoisotopic (exact) mass is 227 g/mol. The van der Waals surface area contributed by atoms with Crippen LogP contribution in [-0.2, 0) is 4.79 Å². The molecule has 0 aromatic rings. The van der Waals surface area contributed by atoms with Gasteiger partial charge in [-0.1, -0.05) is 0 Å². The number of halogens is 1. The number of primary amides is 1. The molecule has 2 nitrogen and oxygen atoms in total. The van der Waals surface area contributed by atoms with Gasteiger partial charge in [0.1, 0.15) is 5.38 Å². The minimum atomic E-state index is -0.425. The van der Waals surface area contributed by atoms with Gasteiger partial charge in [-0.15, -0.1) is 11.6 Å². The second-order valence-electron chi connectivity index (χ2n) is 6.04. The molecule has 4 fully saturated rings. The van der Waals surface area contributed by atoms with Gasteiger partial charge in [-0.05, 0) is 61.7 Å². The summed E-state index contributed by atoms with van der Waals surface area (Å²) in [4.78, 5) is 11.3. The number of hydrogen-bond acceptors (Lipinski definition) is 1. The zero-order valence-corrected chi connectivity index (χ0v) is 9.67. The Labute approximate surface area is 95.5 Å². The second-order valence-corrected chi connectivity index (χ2v) is 6.48. The smallest absolute Gasteiger partial charge is 0.236 e. The summed E-state index contributed by atoms with van der Waals surface area (Å²) in [5, 5.41) is -0.425. The van der Waals surface area contributed by atoms with E-state index in [4.69, 9.17) is 17.3 Å². The van der Waals surface area contributed by atoms with Gasteiger partial charge < -0.3 is 5.73 Å². The molecule has 15 heavy (non-hydrogen) atoms. The Kier molecular flexibility index (Phi) is 2.08. The number of alkyl halides is 1. The average Bonchev–Trinajstić information content (AvgIpc) is 2.14. The molecule has 0 aliphatic heterocycles. The van der Waals surface area contributed by atoms with E-state index in [0.717, 1.165) is 37.0 Å². The fourth-order valence-corrected chi connectivity index (χ4v) is 5.06. The number of hydrogen-bond donors (Lipinski definition) is 1. The highest BCUT2D eigenvalue weighted by molar-refractivity contribution is 6.31. The number of carbonyl (C=O) groups is 1. The molecular weight excluding hydrogens is 210 g/mol. The number of amides is 1. The maximum atomic E-state index is 11.3. The zero-order valence-electron chi connectivity index (χ0n) is 8.92. The predicted octanol–water partition coefficient (Wildman–Crippen LogP) is 2.30. The molecular formula is C12H18ClNO. The molecule has 0 radical (unpaired) electrons. The summed E-state index contributed by atoms with van der Waals surface area (Å²) in [5.74, 6) is 2.18. The van der Waals surface area contributed by atoms with Crippen molar-refractivity contribution in [3.63, 3.8) is 0 Å². The average molecular weight is 228 g/mol. The van der Waals surface area contributed by atoms with E-state index in [1.54, 1.807) is 0 Å². The van der Waals surface area contributed by atoms with Crippen molar-refractivity contribution in [1.29, 1.82) is 0 Å². The van der Waals surface area contributed by atoms with Crippen LogP contribution in [0.4, 0.5) is 0 Å². The van der Waals surface area contributed by atoms with Crippen molar-refractivity contribution in [2.45, 2.75) is 43.9 Å². The molecule has 4 bridgehead atoms. The van der Waals surface area contributed by atoms with Crippen LogP contribution in [0.1, 0.15) is 38.5 Å². The molecule has 1 unspecified atom stereocenters. The van der Waals surface area contributed by atoms with E-state index in [2.05, 4.69) is 0 Å². The lowest BCUT2D eigenvalue weighted by atomic mass is 9.48. The fraction of sp³-hybridized carbons (Fsp3) is 0.917. The van der Waals surface area contributed by atoms with E-state index < -0.39 is 5.38 Å². The number of rotatable bonds is 2. The van der Waals surface area contributed by atoms with Crippen LogP contribution in [0.5, 0.6) is 0 Å². The van der Waals surface area contributed by atoms with E-state index in [1.165, 1.54) is 19.3 Å². The molecule has 4 rings (SSSR count). The Morgan fingerprint density at radius 2 is 1.53 bits per heavy atom. The van der Waals surface area contributed by atoms with Crippen LogP contribution in [0.25, 0.3) is 0 Å². The van der Waals surface area contributed by atoms with E-state index in [1.807, 2.05) is 0 Å². The van der Waals surface area contributed by atoms with Gasteiger partial charge in [0.05, 0.1) is 0 Å². The number of carbonyl (C=O) groups excluding carboxylic acids is 1. The van der Waals surface area contributed by atoms with Crippen molar-refractivity contribution in [1.82, 2.24) is 0 Å². The molecule has 0 saturated heterocycles. The Hall–Kier alpha value is -0.240. The van der Waals surface area contributed by atoms with Gasteiger partial charge in [0.2, 0.25) is 5.91 Å². The van der Waals surface area contributed by atoms with Gasteiger partial charge in [-0.25, -0.2) is 0 Å². The second kappa shape index (κ2) is 3.13. The van der Waals surface area contributed by atoms with Gasteiger partial charge in [0.15, 0.2) is 0 Å². The molecule has 0 heterocycles. The highest BCUT2D eigenvalue weighted by Crippen LogP contribution is 2.62. The molecule has 2 N–H and O–H groups in total. The minimum Gasteiger partial charge on any atom is -0.368 e. The maximum absolute atomic E-state index is 11.3. The minimum absolute atomic E-state index is 0.0716. The largest absolute Gasteiger partial charge is 0.368 e. The molecule has 1 atom stereocenters. The molecule has 4 saturated carbocycles. The first-order valence-corrected chi connectivity index (χ1v) is 6.46. The summed E-state index contributed by atoms with van der Waals surface area (Å²) >= 11 is 6.26. The normalized spacial score (nSPS) is 49.3. The third kappa shape index (κ3) is 1.41. The van der Waals surface area contributed by atoms with Gasteiger partial charge >= 0.3 is 0 Å². The van der Waals surface area contributed by atoms with Crippen LogP contribution in [0.15, 0.2) is 0 Å². The first-order valence-electron chi connectivity index (χ1n) is 6.02. The van der Waals surface area contributed by atoms with Crippen molar-refractivity contribution in [3.8, 4) is 0 Å². The summed E-state index contributed by atoms with van der Waals surface area (Å²) in [6.45, 7) is 0. The summed E-state index contributed by atoms with van der Waals surface area (Å²) < 4.78 is 0. The highest BCUT2D eigenvalue weighted by atomic mass is 35.5. The van der Waals surface area contributed by atoms with E-state index >= 15 is 0 Å². The lowest BCUT2D eigenvalue weighted by molar-refractivity contribution is -0.125. The molecule has 4 aliphatic carbocycles. The Morgan fingerprint density at radius 3 is 1.87 bits per heavy atom. The van der Waals surface area contributed by atoms with Crippen molar-refractivity contribution >= 4 is 17.5 Å². The molecule has 84 valence electrons. The van der Waals surface area contributed by atoms with Crippen LogP contribution in [0.2, 0.25) is 0 Å². The summed E-state index contributed by atoms with van der Waals surface area (Å²) in [7, 11) is 0. The summed E-state index contributed by atoms with van der Waals surface area (Å²) in [6.07, 6.45) is 7.58. The number of nitrogens with two attached hydrogens (primary N) is 1. The SMILES string of the molecule is NC(=O)C(Cl)C12CC3CC(CC(C3)C1)C2. The third-order valence-electron chi connectivity index (χ3n) is 4.87. The fourth-order valence-electron chi connectivity index (χ4n) is 4.79. The maximum Gasteiger partial charge on any atom is 0.236 e. The van der Waals surface area contributed by atoms with Gasteiger partial charge in [-0.3, -0.25) is 4.79 Å². The highest BCUT2D eigenvalue weighted by Gasteiger charge is 2.55. The van der Waals surface area contributed by atoms with Crippen LogP contribution in [0, 0.1) is 23.2 Å². The van der Waals surface area contributed by atoms with Gasteiger partial charge in [0, 0.05) is 0 Å². The lowest BCUT2D eigenvalue weighted by Gasteiger charge is -2.57. The van der Waals surface area contributed by atoms with E-state index in [9.17, 15) is 4.79 Å². The van der Waals surface area contributed by atoms with E-state index in [-0.39, 0.29) is 11.3 Å². The van der Waals surface area contributed by atoms with Crippen molar-refractivity contribution in [2.24, 2.45) is 28.9 Å². The quantitative estimate of drug-likeness (QED) is 0.723. The van der Waals surface area contributed by atoms with E-state index in [0.29, 0.717) is 0 Å². The Morgan fingerprint density at radius 1 is 1.13 bits per heavy atom. The van der Waals surface area contributed by atoms with Gasteiger partial charge in [0.25, 0.3) is 0 Å². The van der Waals surface area contributed by atoms with Crippen molar-refractivity contribution in [3.05, 3.63) is 0 Å². The summed E-state index contributed by atoms with van der Waals surface area (Å²) in [6, 6.07) is 0. The zero-order chi connectivity index (χ0) is 10.6. The Balaban J connectivity index is 1.89. The van der Waals surface area contributed by atoms with Crippen molar-refractivity contribution in [2.75, 3.05) is 0 Å². The van der Waals surface area contributed by atoms with Crippen molar-refractivity contribution < 1.29 is 4.79 Å². The first-order chi connectivity index (χ1) is 7.09. The predicted molar refractivity (Wildman–Crippen MR) is 59.4 cm³/mol. The first kappa shape index (κ1) is 9.95. The molecule has 0 spiro atoms. The molecule has 1 amide bonds. The lowest BCUT2D eigenvalue weighted by Crippen LogP contribution is -2.53. The molecule has 4 aliphatic rings. The van der Waals surface area contributed by atoms with Gasteiger partial charge in [-0.2, -0.15) is 0 Å². The molecule has 0 aromatic carbocycles. The topological polar surface area (TPSA) is 43.1 Å². The van der Waals surface area contributed by atoms with Crippen LogP contribution in [0.3, 0.4) is 0 Å². The van der Waals surface area contributed by atoms with Crippen LogP contribution in [-0.4, -0.2) is 11.3 Å². The molecule has 3 heteroatoms. The Bertz CT molecular complexity index is 267.